The van der Waals surface area contributed by atoms with Gasteiger partial charge in [0.25, 0.3) is 0 Å². The summed E-state index contributed by atoms with van der Waals surface area (Å²) >= 11 is -1.10. The van der Waals surface area contributed by atoms with Crippen LogP contribution in [0.1, 0.15) is 11.1 Å². The van der Waals surface area contributed by atoms with E-state index in [0.29, 0.717) is 0 Å². The molecule has 2 aliphatic carbocycles. The summed E-state index contributed by atoms with van der Waals surface area (Å²) in [7, 11) is 0. The van der Waals surface area contributed by atoms with E-state index in [9.17, 15) is 0 Å². The Bertz CT molecular complexity index is 1950. The van der Waals surface area contributed by atoms with E-state index in [-0.39, 0.29) is 0 Å². The number of benzene rings is 4. The molecule has 2 heterocycles. The predicted octanol–water partition coefficient (Wildman–Crippen LogP) is 2.98. The molecule has 0 unspecified atom stereocenters. The van der Waals surface area contributed by atoms with Crippen molar-refractivity contribution in [2.45, 2.75) is 0 Å². The number of hydrogen-bond donors (Lipinski definition) is 0. The minimum atomic E-state index is -1.10. The topological polar surface area (TPSA) is 24.7 Å². The minimum absolute atomic E-state index is 1.10. The molecule has 4 aromatic carbocycles. The van der Waals surface area contributed by atoms with E-state index in [1.807, 2.05) is 0 Å². The summed E-state index contributed by atoms with van der Waals surface area (Å²) in [5, 5.41) is 10.3. The van der Waals surface area contributed by atoms with Crippen LogP contribution < -0.4 is 20.9 Å². The zero-order valence-corrected chi connectivity index (χ0v) is 20.1. The SMILES string of the molecule is C1=c2ccc3c(c2N=[C]1[Zr][C]1=Nc2c4c(ccc2=C1)=c1ccccc1=C4)C=c1ccccc1=3. The van der Waals surface area contributed by atoms with Gasteiger partial charge in [0, 0.05) is 0 Å². The molecule has 0 spiro atoms. The van der Waals surface area contributed by atoms with Gasteiger partial charge in [-0.15, -0.1) is 0 Å². The van der Waals surface area contributed by atoms with Crippen LogP contribution in [0.15, 0.2) is 82.8 Å². The van der Waals surface area contributed by atoms with Crippen molar-refractivity contribution < 1.29 is 23.2 Å². The molecule has 0 fully saturated rings. The summed E-state index contributed by atoms with van der Waals surface area (Å²) in [4.78, 5) is 10.3. The first-order valence-corrected chi connectivity index (χ1v) is 13.6. The average molecular weight is 496 g/mol. The zero-order chi connectivity index (χ0) is 21.5. The van der Waals surface area contributed by atoms with Crippen LogP contribution in [0.5, 0.6) is 0 Å². The first kappa shape index (κ1) is 18.1. The molecule has 0 aromatic heterocycles. The van der Waals surface area contributed by atoms with E-state index < -0.39 is 23.2 Å². The van der Waals surface area contributed by atoms with E-state index in [1.165, 1.54) is 59.7 Å². The van der Waals surface area contributed by atoms with Crippen LogP contribution >= 0.6 is 0 Å². The van der Waals surface area contributed by atoms with Gasteiger partial charge in [-0.25, -0.2) is 0 Å². The second kappa shape index (κ2) is 6.56. The molecule has 33 heavy (non-hydrogen) atoms. The fourth-order valence-corrected chi connectivity index (χ4v) is 7.99. The Morgan fingerprint density at radius 1 is 0.424 bits per heavy atom. The van der Waals surface area contributed by atoms with Crippen molar-refractivity contribution in [1.82, 2.24) is 0 Å². The first-order valence-electron chi connectivity index (χ1n) is 11.2. The molecule has 4 aliphatic rings. The fraction of sp³-hybridized carbons (Fsp3) is 0. The molecule has 0 atom stereocenters. The van der Waals surface area contributed by atoms with E-state index >= 15 is 0 Å². The Hall–Kier alpha value is -3.42. The van der Waals surface area contributed by atoms with Gasteiger partial charge in [0.15, 0.2) is 0 Å². The Labute approximate surface area is 200 Å². The number of nitrogens with zero attached hydrogens (tertiary/aromatic N) is 2. The number of rotatable bonds is 2. The van der Waals surface area contributed by atoms with Gasteiger partial charge in [-0.2, -0.15) is 0 Å². The standard InChI is InChI=1S/2C15H8N.Zr/c2*1-2-4-12-11(3-1)9-14-13(12)6-5-10-7-8-16-15(10)14;/h2*1-7,9H;. The molecule has 150 valence electrons. The first-order chi connectivity index (χ1) is 16.3. The molecule has 0 bridgehead atoms. The van der Waals surface area contributed by atoms with Gasteiger partial charge in [-0.3, -0.25) is 0 Å². The van der Waals surface area contributed by atoms with Gasteiger partial charge in [0.2, 0.25) is 0 Å². The van der Waals surface area contributed by atoms with Crippen molar-refractivity contribution in [3.8, 4) is 0 Å². The molecule has 2 nitrogen and oxygen atoms in total. The summed E-state index contributed by atoms with van der Waals surface area (Å²) in [5.74, 6) is 0. The molecule has 0 amide bonds. The Morgan fingerprint density at radius 2 is 0.909 bits per heavy atom. The number of aliphatic imine (C=N–C) groups is 2. The third kappa shape index (κ3) is 2.57. The van der Waals surface area contributed by atoms with Crippen LogP contribution in [-0.4, -0.2) is 6.84 Å². The summed E-state index contributed by atoms with van der Waals surface area (Å²) < 4.78 is 2.50. The van der Waals surface area contributed by atoms with Crippen LogP contribution in [0.3, 0.4) is 0 Å². The van der Waals surface area contributed by atoms with Gasteiger partial charge < -0.3 is 0 Å². The van der Waals surface area contributed by atoms with Crippen molar-refractivity contribution in [1.29, 1.82) is 0 Å². The summed E-state index contributed by atoms with van der Waals surface area (Å²) in [6.45, 7) is 0. The zero-order valence-electron chi connectivity index (χ0n) is 17.6. The van der Waals surface area contributed by atoms with Crippen molar-refractivity contribution in [2.75, 3.05) is 0 Å². The normalized spacial score (nSPS) is 14.8. The van der Waals surface area contributed by atoms with Crippen LogP contribution in [0.2, 0.25) is 0 Å². The predicted molar refractivity (Wildman–Crippen MR) is 130 cm³/mol. The van der Waals surface area contributed by atoms with E-state index in [0.717, 1.165) is 11.4 Å². The van der Waals surface area contributed by atoms with E-state index in [2.05, 4.69) is 97.1 Å². The molecular formula is C30H16N2Zr. The molecule has 0 saturated heterocycles. The van der Waals surface area contributed by atoms with E-state index in [1.54, 1.807) is 0 Å². The van der Waals surface area contributed by atoms with Crippen LogP contribution in [0.4, 0.5) is 11.4 Å². The molecule has 0 saturated carbocycles. The Balaban J connectivity index is 1.21. The fourth-order valence-electron chi connectivity index (χ4n) is 5.40. The quantitative estimate of drug-likeness (QED) is 0.353. The maximum absolute atomic E-state index is 5.13. The molecule has 0 N–H and O–H groups in total. The van der Waals surface area contributed by atoms with Gasteiger partial charge >= 0.3 is 201 Å². The summed E-state index contributed by atoms with van der Waals surface area (Å²) in [5.41, 5.74) is 4.82. The van der Waals surface area contributed by atoms with Gasteiger partial charge in [-0.05, 0) is 0 Å². The van der Waals surface area contributed by atoms with Crippen molar-refractivity contribution >= 4 is 42.5 Å². The molecule has 4 aromatic rings. The molecule has 8 rings (SSSR count). The monoisotopic (exact) mass is 494 g/mol. The van der Waals surface area contributed by atoms with E-state index in [4.69, 9.17) is 9.98 Å². The Morgan fingerprint density at radius 3 is 1.42 bits per heavy atom. The molecule has 2 aliphatic heterocycles. The van der Waals surface area contributed by atoms with Crippen LogP contribution in [0, 0.1) is 20.9 Å². The van der Waals surface area contributed by atoms with Gasteiger partial charge in [0.1, 0.15) is 0 Å². The number of fused-ring (bicyclic) bond motifs is 8. The van der Waals surface area contributed by atoms with Crippen molar-refractivity contribution in [3.05, 3.63) is 126 Å². The van der Waals surface area contributed by atoms with Crippen LogP contribution in [-0.2, 0) is 23.2 Å². The number of hydrogen-bond acceptors (Lipinski definition) is 2. The van der Waals surface area contributed by atoms with Crippen molar-refractivity contribution in [2.24, 2.45) is 9.98 Å². The van der Waals surface area contributed by atoms with Crippen molar-refractivity contribution in [3.63, 3.8) is 0 Å². The summed E-state index contributed by atoms with van der Waals surface area (Å²) in [6.07, 6.45) is 9.18. The van der Waals surface area contributed by atoms with Gasteiger partial charge in [0.05, 0.1) is 0 Å². The third-order valence-electron chi connectivity index (χ3n) is 6.90. The second-order valence-corrected chi connectivity index (χ2v) is 11.9. The Kier molecular flexibility index (Phi) is 3.59. The third-order valence-corrected chi connectivity index (χ3v) is 9.42. The van der Waals surface area contributed by atoms with Crippen LogP contribution in [0.25, 0.3) is 24.3 Å². The molecular weight excluding hydrogens is 480 g/mol. The second-order valence-electron chi connectivity index (χ2n) is 8.80. The summed E-state index contributed by atoms with van der Waals surface area (Å²) in [6, 6.07) is 26.2. The average Bonchev–Trinajstić information content (AvgIpc) is 3.59. The molecule has 3 heteroatoms. The molecule has 0 radical (unpaired) electrons. The maximum atomic E-state index is 5.13. The van der Waals surface area contributed by atoms with Gasteiger partial charge in [-0.1, -0.05) is 0 Å².